The lowest BCUT2D eigenvalue weighted by molar-refractivity contribution is 0.150. The van der Waals surface area contributed by atoms with E-state index in [4.69, 9.17) is 0 Å². The minimum absolute atomic E-state index is 0.0303. The van der Waals surface area contributed by atoms with Crippen LogP contribution >= 0.6 is 11.3 Å². The van der Waals surface area contributed by atoms with Crippen molar-refractivity contribution in [2.24, 2.45) is 0 Å². The molecule has 0 spiro atoms. The first-order valence-electron chi connectivity index (χ1n) is 11.4. The van der Waals surface area contributed by atoms with E-state index in [2.05, 4.69) is 19.9 Å². The van der Waals surface area contributed by atoms with Crippen molar-refractivity contribution in [1.82, 2.24) is 34.1 Å². The molecule has 2 fully saturated rings. The van der Waals surface area contributed by atoms with Crippen LogP contribution in [-0.4, -0.2) is 89.6 Å². The molecule has 0 unspecified atom stereocenters. The second-order valence-electron chi connectivity index (χ2n) is 9.46. The fourth-order valence-electron chi connectivity index (χ4n) is 4.12. The van der Waals surface area contributed by atoms with E-state index in [1.165, 1.54) is 11.1 Å². The number of amides is 2. The van der Waals surface area contributed by atoms with E-state index in [0.717, 1.165) is 12.8 Å². The fraction of sp³-hybridized carbons (Fsp3) is 0.524. The van der Waals surface area contributed by atoms with E-state index in [-0.39, 0.29) is 21.8 Å². The standard InChI is InChI=1S/C21H26F2N8O3S2/c1-21(4-5-21)27-36(33,34)13-10-14(29-6-8-30(9-7-29)20(32)28(2)3)15-11-24-17(31(15)12-13)19-26-25-18(35-19)16(22)23/h10-12,16,27H,4-9H2,1-3H3. The summed E-state index contributed by atoms with van der Waals surface area (Å²) in [6, 6.07) is 1.51. The van der Waals surface area contributed by atoms with Crippen LogP contribution < -0.4 is 9.62 Å². The molecule has 2 amide bonds. The molecule has 0 aromatic carbocycles. The van der Waals surface area contributed by atoms with Gasteiger partial charge in [-0.3, -0.25) is 4.40 Å². The molecule has 4 heterocycles. The predicted molar refractivity (Wildman–Crippen MR) is 130 cm³/mol. The van der Waals surface area contributed by atoms with Crippen molar-refractivity contribution >= 4 is 38.6 Å². The molecule has 15 heteroatoms. The molecule has 1 N–H and O–H groups in total. The number of urea groups is 1. The van der Waals surface area contributed by atoms with E-state index in [1.807, 2.05) is 11.8 Å². The molecule has 3 aromatic rings. The maximum absolute atomic E-state index is 13.3. The van der Waals surface area contributed by atoms with Gasteiger partial charge in [-0.2, -0.15) is 0 Å². The molecule has 0 radical (unpaired) electrons. The van der Waals surface area contributed by atoms with Gasteiger partial charge in [-0.05, 0) is 25.8 Å². The molecule has 194 valence electrons. The number of carbonyl (C=O) groups is 1. The first-order valence-corrected chi connectivity index (χ1v) is 13.7. The van der Waals surface area contributed by atoms with Crippen LogP contribution in [-0.2, 0) is 10.0 Å². The van der Waals surface area contributed by atoms with Crippen LogP contribution in [0.4, 0.5) is 19.3 Å². The average Bonchev–Trinajstić information content (AvgIpc) is 3.22. The Morgan fingerprint density at radius 2 is 1.89 bits per heavy atom. The van der Waals surface area contributed by atoms with Crippen molar-refractivity contribution in [2.75, 3.05) is 45.2 Å². The first kappa shape index (κ1) is 24.8. The first-order chi connectivity index (χ1) is 17.0. The van der Waals surface area contributed by atoms with Gasteiger partial charge in [-0.1, -0.05) is 11.3 Å². The summed E-state index contributed by atoms with van der Waals surface area (Å²) in [5.74, 6) is 0.228. The number of pyridine rings is 1. The number of hydrogen-bond donors (Lipinski definition) is 1. The summed E-state index contributed by atoms with van der Waals surface area (Å²) in [5, 5.41) is 7.12. The Bertz CT molecular complexity index is 1410. The number of imidazole rings is 1. The highest BCUT2D eigenvalue weighted by atomic mass is 32.2. The smallest absolute Gasteiger partial charge is 0.319 e. The summed E-state index contributed by atoms with van der Waals surface area (Å²) < 4.78 is 57.2. The molecule has 1 saturated carbocycles. The fourth-order valence-corrected chi connectivity index (χ4v) is 6.29. The van der Waals surface area contributed by atoms with Crippen molar-refractivity contribution in [3.8, 4) is 10.8 Å². The molecule has 0 bridgehead atoms. The largest absolute Gasteiger partial charge is 0.366 e. The van der Waals surface area contributed by atoms with E-state index >= 15 is 0 Å². The normalized spacial score (nSPS) is 17.7. The second kappa shape index (κ2) is 8.88. The summed E-state index contributed by atoms with van der Waals surface area (Å²) in [4.78, 5) is 22.0. The van der Waals surface area contributed by atoms with Crippen LogP contribution in [0.2, 0.25) is 0 Å². The van der Waals surface area contributed by atoms with Crippen LogP contribution in [0.25, 0.3) is 16.3 Å². The number of alkyl halides is 2. The lowest BCUT2D eigenvalue weighted by Gasteiger charge is -2.37. The maximum Gasteiger partial charge on any atom is 0.319 e. The monoisotopic (exact) mass is 540 g/mol. The summed E-state index contributed by atoms with van der Waals surface area (Å²) in [6.07, 6.45) is 1.74. The number of aromatic nitrogens is 4. The van der Waals surface area contributed by atoms with Gasteiger partial charge in [0, 0.05) is 52.0 Å². The molecule has 36 heavy (non-hydrogen) atoms. The average molecular weight is 541 g/mol. The number of hydrogen-bond acceptors (Lipinski definition) is 8. The zero-order chi connectivity index (χ0) is 25.8. The Labute approximate surface area is 210 Å². The number of sulfonamides is 1. The zero-order valence-corrected chi connectivity index (χ0v) is 21.6. The highest BCUT2D eigenvalue weighted by Crippen LogP contribution is 2.37. The van der Waals surface area contributed by atoms with Gasteiger partial charge in [0.1, 0.15) is 4.90 Å². The minimum Gasteiger partial charge on any atom is -0.366 e. The highest BCUT2D eigenvalue weighted by molar-refractivity contribution is 7.89. The number of anilines is 1. The molecule has 5 rings (SSSR count). The van der Waals surface area contributed by atoms with Crippen LogP contribution in [0.1, 0.15) is 31.2 Å². The van der Waals surface area contributed by atoms with Crippen molar-refractivity contribution in [3.63, 3.8) is 0 Å². The number of nitrogens with zero attached hydrogens (tertiary/aromatic N) is 7. The van der Waals surface area contributed by atoms with Crippen LogP contribution in [0.15, 0.2) is 23.4 Å². The van der Waals surface area contributed by atoms with E-state index < -0.39 is 27.0 Å². The summed E-state index contributed by atoms with van der Waals surface area (Å²) in [7, 11) is -0.488. The van der Waals surface area contributed by atoms with Crippen molar-refractivity contribution in [1.29, 1.82) is 0 Å². The number of halogens is 2. The third-order valence-electron chi connectivity index (χ3n) is 6.38. The van der Waals surface area contributed by atoms with Crippen molar-refractivity contribution in [2.45, 2.75) is 36.6 Å². The molecule has 3 aromatic heterocycles. The lowest BCUT2D eigenvalue weighted by Crippen LogP contribution is -2.51. The lowest BCUT2D eigenvalue weighted by atomic mass is 10.2. The Hall–Kier alpha value is -2.91. The molecule has 1 aliphatic carbocycles. The molecule has 2 aliphatic rings. The quantitative estimate of drug-likeness (QED) is 0.511. The Balaban J connectivity index is 1.57. The predicted octanol–water partition coefficient (Wildman–Crippen LogP) is 2.42. The van der Waals surface area contributed by atoms with Gasteiger partial charge < -0.3 is 14.7 Å². The Morgan fingerprint density at radius 3 is 2.47 bits per heavy atom. The molecular weight excluding hydrogens is 514 g/mol. The Morgan fingerprint density at radius 1 is 1.19 bits per heavy atom. The van der Waals surface area contributed by atoms with Crippen LogP contribution in [0.5, 0.6) is 0 Å². The van der Waals surface area contributed by atoms with Crippen LogP contribution in [0.3, 0.4) is 0 Å². The topological polar surface area (TPSA) is 116 Å². The van der Waals surface area contributed by atoms with Gasteiger partial charge >= 0.3 is 6.03 Å². The molecule has 1 aliphatic heterocycles. The molecule has 0 atom stereocenters. The SMILES string of the molecule is CN(C)C(=O)N1CCN(c2cc(S(=O)(=O)NC3(C)CC3)cn3c(-c4nnc(C(F)F)s4)ncc23)CC1. The summed E-state index contributed by atoms with van der Waals surface area (Å²) in [5.41, 5.74) is 0.742. The van der Waals surface area contributed by atoms with Crippen LogP contribution in [0, 0.1) is 0 Å². The minimum atomic E-state index is -3.88. The molecular formula is C21H26F2N8O3S2. The van der Waals surface area contributed by atoms with E-state index in [9.17, 15) is 22.0 Å². The Kier molecular flexibility index (Phi) is 6.11. The molecule has 11 nitrogen and oxygen atoms in total. The van der Waals surface area contributed by atoms with Gasteiger partial charge in [0.2, 0.25) is 10.0 Å². The van der Waals surface area contributed by atoms with Crippen molar-refractivity contribution in [3.05, 3.63) is 23.5 Å². The number of nitrogens with one attached hydrogen (secondary N) is 1. The molecule has 1 saturated heterocycles. The third kappa shape index (κ3) is 4.62. The number of carbonyl (C=O) groups excluding carboxylic acids is 1. The summed E-state index contributed by atoms with van der Waals surface area (Å²) >= 11 is 0.711. The number of fused-ring (bicyclic) bond motifs is 1. The maximum atomic E-state index is 13.3. The number of rotatable bonds is 6. The summed E-state index contributed by atoms with van der Waals surface area (Å²) in [6.45, 7) is 3.75. The van der Waals surface area contributed by atoms with E-state index in [1.54, 1.807) is 35.7 Å². The van der Waals surface area contributed by atoms with E-state index in [0.29, 0.717) is 48.7 Å². The van der Waals surface area contributed by atoms with Gasteiger partial charge in [0.25, 0.3) is 6.43 Å². The number of piperazine rings is 1. The highest BCUT2D eigenvalue weighted by Gasteiger charge is 2.41. The second-order valence-corrected chi connectivity index (χ2v) is 12.2. The zero-order valence-electron chi connectivity index (χ0n) is 20.0. The van der Waals surface area contributed by atoms with Crippen molar-refractivity contribution < 1.29 is 22.0 Å². The third-order valence-corrected chi connectivity index (χ3v) is 8.91. The van der Waals surface area contributed by atoms with Gasteiger partial charge in [-0.15, -0.1) is 10.2 Å². The van der Waals surface area contributed by atoms with Gasteiger partial charge in [0.15, 0.2) is 15.8 Å². The van der Waals surface area contributed by atoms with Gasteiger partial charge in [0.05, 0.1) is 17.4 Å². The van der Waals surface area contributed by atoms with Gasteiger partial charge in [-0.25, -0.2) is 31.7 Å².